The molecule has 0 aliphatic heterocycles. The largest absolute Gasteiger partial charge is 0.507 e. The molecule has 0 saturated heterocycles. The number of phenolic OH excluding ortho intramolecular Hbond substituents is 3. The van der Waals surface area contributed by atoms with Crippen molar-refractivity contribution in [2.45, 2.75) is 52.6 Å². The van der Waals surface area contributed by atoms with Gasteiger partial charge in [-0.05, 0) is 72.9 Å². The Morgan fingerprint density at radius 1 is 0.756 bits per heavy atom. The second-order valence-corrected chi connectivity index (χ2v) is 11.7. The van der Waals surface area contributed by atoms with Crippen molar-refractivity contribution < 1.29 is 58.9 Å². The molecule has 0 aliphatic rings. The van der Waals surface area contributed by atoms with Crippen LogP contribution in [0.25, 0.3) is 0 Å². The third-order valence-electron chi connectivity index (χ3n) is 6.67. The van der Waals surface area contributed by atoms with Crippen LogP contribution in [0.15, 0.2) is 54.1 Å². The molecule has 0 heterocycles. The number of benzene rings is 3. The highest BCUT2D eigenvalue weighted by molar-refractivity contribution is 7.74. The normalized spacial score (nSPS) is 14.4. The molecule has 0 fully saturated rings. The summed E-state index contributed by atoms with van der Waals surface area (Å²) in [7, 11) is 0. The van der Waals surface area contributed by atoms with Gasteiger partial charge in [0.2, 0.25) is 0 Å². The predicted molar refractivity (Wildman–Crippen MR) is 166 cm³/mol. The van der Waals surface area contributed by atoms with Crippen LogP contribution >= 0.6 is 0 Å². The van der Waals surface area contributed by atoms with E-state index < -0.39 is 40.2 Å². The molecule has 3 rings (SSSR count). The van der Waals surface area contributed by atoms with Gasteiger partial charge in [0.1, 0.15) is 28.7 Å². The fourth-order valence-corrected chi connectivity index (χ4v) is 5.51. The van der Waals surface area contributed by atoms with E-state index in [0.29, 0.717) is 23.1 Å². The fraction of sp³-hybridized carbons (Fsp3) is 0.276. The van der Waals surface area contributed by atoms with E-state index in [-0.39, 0.29) is 76.1 Å². The maximum atomic E-state index is 12.3. The number of Topliss-reactive ketones (excluding diaryl/α,β-unsaturated/α-hetero) is 1. The van der Waals surface area contributed by atoms with Gasteiger partial charge in [-0.3, -0.25) is 22.6 Å². The van der Waals surface area contributed by atoms with Crippen LogP contribution in [-0.2, 0) is 68.7 Å². The average molecular weight is 685 g/mol. The van der Waals surface area contributed by atoms with Crippen LogP contribution in [0.1, 0.15) is 54.2 Å². The lowest BCUT2D eigenvalue weighted by Gasteiger charge is -2.16. The first-order valence-corrected chi connectivity index (χ1v) is 16.3. The molecule has 0 bridgehead atoms. The minimum absolute atomic E-state index is 0.00430. The van der Waals surface area contributed by atoms with E-state index in [2.05, 4.69) is 0 Å². The van der Waals surface area contributed by atoms with Gasteiger partial charge in [0.15, 0.2) is 5.78 Å². The molecule has 6 N–H and O–H groups in total. The van der Waals surface area contributed by atoms with E-state index in [1.807, 2.05) is 0 Å². The summed E-state index contributed by atoms with van der Waals surface area (Å²) in [4.78, 5) is 12.3. The molecule has 16 heteroatoms. The van der Waals surface area contributed by atoms with Crippen LogP contribution < -0.4 is 8.37 Å². The molecule has 4 atom stereocenters. The first kappa shape index (κ1) is 35.8. The van der Waals surface area contributed by atoms with Crippen molar-refractivity contribution in [1.82, 2.24) is 0 Å². The summed E-state index contributed by atoms with van der Waals surface area (Å²) in [6, 6.07) is 10.1. The first-order valence-electron chi connectivity index (χ1n) is 13.3. The lowest BCUT2D eigenvalue weighted by Crippen LogP contribution is -2.11. The molecule has 0 amide bonds. The fourth-order valence-electron chi connectivity index (χ4n) is 4.68. The van der Waals surface area contributed by atoms with Gasteiger partial charge >= 0.3 is 34.1 Å². The van der Waals surface area contributed by atoms with E-state index in [9.17, 15) is 37.3 Å². The van der Waals surface area contributed by atoms with Crippen molar-refractivity contribution in [1.29, 1.82) is 0 Å². The third kappa shape index (κ3) is 10.2. The predicted octanol–water partition coefficient (Wildman–Crippen LogP) is 4.18. The summed E-state index contributed by atoms with van der Waals surface area (Å²) >= 11 is -7.91. The van der Waals surface area contributed by atoms with E-state index in [4.69, 9.17) is 21.7 Å². The van der Waals surface area contributed by atoms with Gasteiger partial charge in [-0.2, -0.15) is 12.6 Å². The Hall–Kier alpha value is -3.64. The Morgan fingerprint density at radius 3 is 1.67 bits per heavy atom. The third-order valence-corrected chi connectivity index (χ3v) is 7.80. The zero-order valence-electron chi connectivity index (χ0n) is 24.3. The van der Waals surface area contributed by atoms with E-state index in [0.717, 1.165) is 0 Å². The number of allylic oxidation sites excluding steroid dienone is 1. The van der Waals surface area contributed by atoms with Crippen LogP contribution in [0.4, 0.5) is 0 Å². The van der Waals surface area contributed by atoms with Crippen molar-refractivity contribution >= 4 is 39.9 Å². The van der Waals surface area contributed by atoms with Crippen LogP contribution in [0, 0.1) is 0 Å². The lowest BCUT2D eigenvalue weighted by atomic mass is 9.93. The van der Waals surface area contributed by atoms with Crippen molar-refractivity contribution in [3.8, 4) is 28.7 Å². The van der Waals surface area contributed by atoms with Gasteiger partial charge in [0.05, 0.1) is 6.10 Å². The van der Waals surface area contributed by atoms with Gasteiger partial charge in [0.25, 0.3) is 0 Å². The first-order chi connectivity index (χ1) is 21.2. The molecule has 13 nitrogen and oxygen atoms in total. The van der Waals surface area contributed by atoms with Gasteiger partial charge < -0.3 is 23.7 Å². The summed E-state index contributed by atoms with van der Waals surface area (Å²) < 4.78 is 75.7. The Labute approximate surface area is 267 Å². The number of ketones is 1. The highest BCUT2D eigenvalue weighted by Gasteiger charge is 2.20. The van der Waals surface area contributed by atoms with Crippen molar-refractivity contribution in [2.24, 2.45) is 0 Å². The molecule has 3 aromatic rings. The topological polar surface area (TPSA) is 217 Å². The Morgan fingerprint density at radius 2 is 1.20 bits per heavy atom. The van der Waals surface area contributed by atoms with Gasteiger partial charge in [-0.1, -0.05) is 25.1 Å². The molecule has 3 aromatic carbocycles. The molecule has 0 spiro atoms. The van der Waals surface area contributed by atoms with E-state index >= 15 is 0 Å². The standard InChI is InChI=1S/C29H32O13S3/c1-4-18-12-25(41-44(36)37)14-23(27(18)31)11-24-15-26(42-45(38)39)13-22(29(24)33)10-20-7-5-6-19(28(20)32)9-21(17(3)30)8-16(2)40-43(34)35/h5-8,12-16,31-33H,4,9-11H2,1-3H3,(H,34,35)(H,36,37)(H,38,39). The zero-order chi connectivity index (χ0) is 33.4. The minimum atomic E-state index is -2.73. The SMILES string of the molecule is CCc1cc(OS(=O)O)cc(Cc2cc(OS(=O)O)cc(Cc3cccc(CC(=CC(C)OS(=O)O)C(C)=O)c3O)c2O)c1O. The number of carbonyl (C=O) groups excluding carboxylic acids is 1. The monoisotopic (exact) mass is 684 g/mol. The smallest absolute Gasteiger partial charge is 0.357 e. The number of carbonyl (C=O) groups is 1. The molecule has 0 aromatic heterocycles. The summed E-state index contributed by atoms with van der Waals surface area (Å²) in [5.74, 6) is -1.08. The maximum absolute atomic E-state index is 12.3. The Bertz CT molecular complexity index is 1670. The van der Waals surface area contributed by atoms with Crippen LogP contribution in [0.5, 0.6) is 28.7 Å². The number of hydrogen-bond acceptors (Lipinski definition) is 10. The minimum Gasteiger partial charge on any atom is -0.507 e. The molecule has 0 aliphatic carbocycles. The van der Waals surface area contributed by atoms with Gasteiger partial charge in [-0.15, -0.1) is 0 Å². The second kappa shape index (κ2) is 16.1. The number of rotatable bonds is 15. The quantitative estimate of drug-likeness (QED) is 0.0979. The molecule has 4 unspecified atom stereocenters. The van der Waals surface area contributed by atoms with Gasteiger partial charge in [-0.25, -0.2) is 0 Å². The molecular formula is C29H32O13S3. The number of para-hydroxylation sites is 1. The Balaban J connectivity index is 2.04. The Kier molecular flexibility index (Phi) is 12.8. The van der Waals surface area contributed by atoms with Crippen LogP contribution in [0.3, 0.4) is 0 Å². The second-order valence-electron chi connectivity index (χ2n) is 9.86. The molecule has 0 saturated carbocycles. The summed E-state index contributed by atoms with van der Waals surface area (Å²) in [5.41, 5.74) is 1.82. The molecule has 0 radical (unpaired) electrons. The molecule has 45 heavy (non-hydrogen) atoms. The number of hydrogen-bond donors (Lipinski definition) is 6. The summed E-state index contributed by atoms with van der Waals surface area (Å²) in [5, 5.41) is 33.2. The van der Waals surface area contributed by atoms with Crippen LogP contribution in [0.2, 0.25) is 0 Å². The van der Waals surface area contributed by atoms with Gasteiger partial charge in [0, 0.05) is 36.0 Å². The molecule has 244 valence electrons. The average Bonchev–Trinajstić information content (AvgIpc) is 2.93. The maximum Gasteiger partial charge on any atom is 0.357 e. The summed E-state index contributed by atoms with van der Waals surface area (Å²) in [6.45, 7) is 4.53. The van der Waals surface area contributed by atoms with Crippen molar-refractivity contribution in [3.63, 3.8) is 0 Å². The lowest BCUT2D eigenvalue weighted by molar-refractivity contribution is -0.113. The van der Waals surface area contributed by atoms with Crippen LogP contribution in [-0.4, -0.2) is 53.5 Å². The van der Waals surface area contributed by atoms with E-state index in [1.54, 1.807) is 25.1 Å². The number of aryl methyl sites for hydroxylation is 1. The molecular weight excluding hydrogens is 653 g/mol. The van der Waals surface area contributed by atoms with E-state index in [1.165, 1.54) is 44.2 Å². The van der Waals surface area contributed by atoms with Crippen molar-refractivity contribution in [2.75, 3.05) is 0 Å². The highest BCUT2D eigenvalue weighted by atomic mass is 32.2. The van der Waals surface area contributed by atoms with Crippen molar-refractivity contribution in [3.05, 3.63) is 87.5 Å². The number of phenols is 3. The summed E-state index contributed by atoms with van der Waals surface area (Å²) in [6.07, 6.45) is 0.547. The number of aromatic hydroxyl groups is 3. The zero-order valence-corrected chi connectivity index (χ0v) is 26.7. The highest BCUT2D eigenvalue weighted by Crippen LogP contribution is 2.38.